The van der Waals surface area contributed by atoms with Crippen LogP contribution in [-0.4, -0.2) is 29.1 Å². The first-order valence-electron chi connectivity index (χ1n) is 9.55. The molecule has 0 saturated carbocycles. The highest BCUT2D eigenvalue weighted by molar-refractivity contribution is 6.31. The zero-order valence-corrected chi connectivity index (χ0v) is 16.7. The maximum atomic E-state index is 12.5. The predicted molar refractivity (Wildman–Crippen MR) is 115 cm³/mol. The highest BCUT2D eigenvalue weighted by Gasteiger charge is 2.27. The molecule has 2 amide bonds. The smallest absolute Gasteiger partial charge is 0.260 e. The summed E-state index contributed by atoms with van der Waals surface area (Å²) in [6, 6.07) is 17.3. The van der Waals surface area contributed by atoms with Crippen LogP contribution >= 0.6 is 0 Å². The summed E-state index contributed by atoms with van der Waals surface area (Å²) >= 11 is 0. The molecule has 0 aliphatic carbocycles. The van der Waals surface area contributed by atoms with Gasteiger partial charge in [-0.1, -0.05) is 24.3 Å². The number of aromatic hydroxyl groups is 2. The number of hydrogen-bond donors (Lipinski definition) is 4. The second kappa shape index (κ2) is 8.23. The van der Waals surface area contributed by atoms with E-state index in [-0.39, 0.29) is 11.5 Å². The molecule has 31 heavy (non-hydrogen) atoms. The van der Waals surface area contributed by atoms with Gasteiger partial charge in [-0.15, -0.1) is 0 Å². The van der Waals surface area contributed by atoms with Crippen LogP contribution in [0, 0.1) is 0 Å². The summed E-state index contributed by atoms with van der Waals surface area (Å²) in [5.41, 5.74) is 3.70. The maximum Gasteiger partial charge on any atom is 0.260 e. The Labute approximate surface area is 178 Å². The maximum absolute atomic E-state index is 12.5. The number of carbonyl (C=O) groups excluding carboxylic acids is 2. The molecule has 3 aromatic carbocycles. The van der Waals surface area contributed by atoms with Crippen molar-refractivity contribution >= 4 is 17.4 Å². The summed E-state index contributed by atoms with van der Waals surface area (Å²) in [5, 5.41) is 24.4. The van der Waals surface area contributed by atoms with Gasteiger partial charge in [0.15, 0.2) is 11.5 Å². The van der Waals surface area contributed by atoms with Crippen molar-refractivity contribution < 1.29 is 24.5 Å². The average molecular weight is 416 g/mol. The fraction of sp³-hybridized carbons (Fsp3) is 0.0833. The van der Waals surface area contributed by atoms with Crippen LogP contribution in [0.15, 0.2) is 66.9 Å². The van der Waals surface area contributed by atoms with Gasteiger partial charge in [0.25, 0.3) is 11.8 Å². The largest absolute Gasteiger partial charge is 0.504 e. The lowest BCUT2D eigenvalue weighted by Crippen LogP contribution is -2.37. The van der Waals surface area contributed by atoms with Gasteiger partial charge in [-0.2, -0.15) is 0 Å². The van der Waals surface area contributed by atoms with Crippen LogP contribution in [0.3, 0.4) is 0 Å². The van der Waals surface area contributed by atoms with Crippen molar-refractivity contribution in [1.29, 1.82) is 0 Å². The Morgan fingerprint density at radius 3 is 2.48 bits per heavy atom. The number of rotatable bonds is 5. The van der Waals surface area contributed by atoms with Crippen LogP contribution in [0.4, 0.5) is 0 Å². The van der Waals surface area contributed by atoms with Crippen LogP contribution in [0.1, 0.15) is 21.5 Å². The van der Waals surface area contributed by atoms with E-state index < -0.39 is 11.8 Å². The van der Waals surface area contributed by atoms with E-state index in [1.165, 1.54) is 12.1 Å². The number of fused-ring (bicyclic) bond motifs is 1. The minimum Gasteiger partial charge on any atom is -0.504 e. The van der Waals surface area contributed by atoms with E-state index in [0.29, 0.717) is 34.6 Å². The van der Waals surface area contributed by atoms with Gasteiger partial charge < -0.3 is 20.3 Å². The number of phenolic OH excluding ortho intramolecular Hbond substituents is 2. The van der Waals surface area contributed by atoms with Gasteiger partial charge in [0.1, 0.15) is 5.75 Å². The molecule has 156 valence electrons. The summed E-state index contributed by atoms with van der Waals surface area (Å²) in [6.07, 6.45) is 1.54. The number of benzene rings is 3. The monoisotopic (exact) mass is 416 g/mol. The lowest BCUT2D eigenvalue weighted by molar-refractivity contribution is -0.114. The molecule has 0 unspecified atom stereocenters. The summed E-state index contributed by atoms with van der Waals surface area (Å²) in [6.45, 7) is 0.309. The van der Waals surface area contributed by atoms with Crippen molar-refractivity contribution in [1.82, 2.24) is 10.6 Å². The lowest BCUT2D eigenvalue weighted by Gasteiger charge is -2.19. The zero-order chi connectivity index (χ0) is 22.0. The van der Waals surface area contributed by atoms with Crippen molar-refractivity contribution in [3.05, 3.63) is 83.6 Å². The van der Waals surface area contributed by atoms with E-state index in [1.807, 2.05) is 30.3 Å². The summed E-state index contributed by atoms with van der Waals surface area (Å²) in [5.74, 6) is -0.662. The van der Waals surface area contributed by atoms with Gasteiger partial charge in [0.05, 0.1) is 12.7 Å². The molecule has 1 heterocycles. The lowest BCUT2D eigenvalue weighted by atomic mass is 9.91. The summed E-state index contributed by atoms with van der Waals surface area (Å²) in [7, 11) is 1.59. The number of methoxy groups -OCH3 is 1. The van der Waals surface area contributed by atoms with Gasteiger partial charge in [-0.25, -0.2) is 0 Å². The van der Waals surface area contributed by atoms with Crippen LogP contribution in [0.25, 0.3) is 16.7 Å². The average Bonchev–Trinajstić information content (AvgIpc) is 2.78. The molecule has 4 N–H and O–H groups in total. The molecular weight excluding hydrogens is 396 g/mol. The predicted octanol–water partition coefficient (Wildman–Crippen LogP) is 3.17. The van der Waals surface area contributed by atoms with Crippen molar-refractivity contribution in [2.24, 2.45) is 0 Å². The molecule has 3 aromatic rings. The Kier molecular flexibility index (Phi) is 5.32. The molecule has 0 bridgehead atoms. The minimum atomic E-state index is -0.499. The summed E-state index contributed by atoms with van der Waals surface area (Å²) in [4.78, 5) is 24.8. The highest BCUT2D eigenvalue weighted by Crippen LogP contribution is 2.31. The number of hydrogen-bond acceptors (Lipinski definition) is 6. The fourth-order valence-corrected chi connectivity index (χ4v) is 3.40. The van der Waals surface area contributed by atoms with E-state index in [9.17, 15) is 19.8 Å². The first-order valence-corrected chi connectivity index (χ1v) is 9.55. The van der Waals surface area contributed by atoms with Crippen LogP contribution < -0.4 is 15.4 Å². The van der Waals surface area contributed by atoms with Gasteiger partial charge >= 0.3 is 0 Å². The molecule has 0 spiro atoms. The normalized spacial score (nSPS) is 14.2. The van der Waals surface area contributed by atoms with Gasteiger partial charge in [0.2, 0.25) is 0 Å². The molecule has 0 saturated heterocycles. The van der Waals surface area contributed by atoms with E-state index in [0.717, 1.165) is 11.1 Å². The molecule has 7 nitrogen and oxygen atoms in total. The van der Waals surface area contributed by atoms with Crippen molar-refractivity contribution in [3.63, 3.8) is 0 Å². The van der Waals surface area contributed by atoms with E-state index in [4.69, 9.17) is 4.74 Å². The van der Waals surface area contributed by atoms with Crippen LogP contribution in [-0.2, 0) is 11.3 Å². The van der Waals surface area contributed by atoms with Crippen molar-refractivity contribution in [2.75, 3.05) is 7.11 Å². The number of nitrogens with one attached hydrogen (secondary N) is 2. The number of amides is 2. The Balaban J connectivity index is 1.67. The fourth-order valence-electron chi connectivity index (χ4n) is 3.40. The Bertz CT molecular complexity index is 1220. The number of phenols is 2. The number of ether oxygens (including phenoxy) is 1. The van der Waals surface area contributed by atoms with E-state index in [1.54, 1.807) is 31.5 Å². The van der Waals surface area contributed by atoms with Gasteiger partial charge in [0, 0.05) is 23.9 Å². The molecule has 0 atom stereocenters. The third-order valence-corrected chi connectivity index (χ3v) is 5.02. The van der Waals surface area contributed by atoms with Crippen LogP contribution in [0.5, 0.6) is 17.2 Å². The highest BCUT2D eigenvalue weighted by atomic mass is 16.5. The molecule has 1 aliphatic rings. The zero-order valence-electron chi connectivity index (χ0n) is 16.7. The molecule has 4 rings (SSSR count). The molecule has 0 aromatic heterocycles. The number of imide groups is 1. The third kappa shape index (κ3) is 4.06. The van der Waals surface area contributed by atoms with E-state index in [2.05, 4.69) is 10.6 Å². The molecule has 1 aliphatic heterocycles. The van der Waals surface area contributed by atoms with Gasteiger partial charge in [-0.3, -0.25) is 14.9 Å². The third-order valence-electron chi connectivity index (χ3n) is 5.02. The second-order valence-electron chi connectivity index (χ2n) is 7.04. The van der Waals surface area contributed by atoms with Crippen molar-refractivity contribution in [3.8, 4) is 28.4 Å². The van der Waals surface area contributed by atoms with Crippen molar-refractivity contribution in [2.45, 2.75) is 6.54 Å². The Hall–Kier alpha value is -4.26. The molecule has 0 fully saturated rings. The number of carbonyl (C=O) groups is 2. The first kappa shape index (κ1) is 20.0. The Morgan fingerprint density at radius 1 is 0.903 bits per heavy atom. The van der Waals surface area contributed by atoms with Crippen LogP contribution in [0.2, 0.25) is 0 Å². The minimum absolute atomic E-state index is 0.203. The second-order valence-corrected chi connectivity index (χ2v) is 7.04. The molecular formula is C24H20N2O5. The standard InChI is InChI=1S/C24H20N2O5/c1-31-17-4-2-3-15(10-17)16-6-7-18-19(11-16)20(24(30)26-23(18)29)13-25-12-14-5-8-21(27)22(28)9-14/h2-11,13,25,27-28H,12H2,1H3,(H,26,29,30). The van der Waals surface area contributed by atoms with Gasteiger partial charge in [-0.05, 0) is 53.1 Å². The SMILES string of the molecule is COc1cccc(-c2ccc3c(c2)C(=CNCc2ccc(O)c(O)c2)C(=O)NC3=O)c1. The summed E-state index contributed by atoms with van der Waals surface area (Å²) < 4.78 is 5.28. The Morgan fingerprint density at radius 2 is 1.71 bits per heavy atom. The molecule has 7 heteroatoms. The first-order chi connectivity index (χ1) is 15.0. The topological polar surface area (TPSA) is 108 Å². The van der Waals surface area contributed by atoms with E-state index >= 15 is 0 Å². The molecule has 0 radical (unpaired) electrons. The quantitative estimate of drug-likeness (QED) is 0.289.